The second-order valence-corrected chi connectivity index (χ2v) is 2.54. The molecule has 0 saturated carbocycles. The number of aryl methyl sites for hydroxylation is 1. The Labute approximate surface area is 60.4 Å². The van der Waals surface area contributed by atoms with Gasteiger partial charge in [0.2, 0.25) is 0 Å². The molecule has 0 unspecified atom stereocenters. The summed E-state index contributed by atoms with van der Waals surface area (Å²) >= 11 is 0. The van der Waals surface area contributed by atoms with Crippen molar-refractivity contribution < 1.29 is 4.74 Å². The van der Waals surface area contributed by atoms with E-state index in [1.807, 2.05) is 20.8 Å². The number of hydrogen-bond donors (Lipinski definition) is 1. The zero-order chi connectivity index (χ0) is 7.56. The van der Waals surface area contributed by atoms with Crippen LogP contribution in [0.4, 0.5) is 0 Å². The lowest BCUT2D eigenvalue weighted by Crippen LogP contribution is -2.06. The van der Waals surface area contributed by atoms with E-state index in [2.05, 4.69) is 9.97 Å². The Morgan fingerprint density at radius 2 is 2.30 bits per heavy atom. The van der Waals surface area contributed by atoms with Gasteiger partial charge in [0.1, 0.15) is 0 Å². The summed E-state index contributed by atoms with van der Waals surface area (Å²) in [5, 5.41) is 0. The molecule has 0 aliphatic carbocycles. The van der Waals surface area contributed by atoms with Crippen molar-refractivity contribution >= 4 is 0 Å². The molecule has 3 heteroatoms. The highest BCUT2D eigenvalue weighted by atomic mass is 16.5. The maximum absolute atomic E-state index is 5.27. The minimum Gasteiger partial charge on any atom is -0.462 e. The summed E-state index contributed by atoms with van der Waals surface area (Å²) in [5.41, 5.74) is 1.02. The molecule has 0 bridgehead atoms. The standard InChI is InChI=1S/C7H12N2O/c1-5(2)10-7-8-4-6(3)9-7/h4-5H,1-3H3,(H,8,9). The zero-order valence-corrected chi connectivity index (χ0v) is 6.51. The van der Waals surface area contributed by atoms with Gasteiger partial charge in [0.15, 0.2) is 0 Å². The summed E-state index contributed by atoms with van der Waals surface area (Å²) in [4.78, 5) is 6.95. The topological polar surface area (TPSA) is 37.9 Å². The van der Waals surface area contributed by atoms with Crippen molar-refractivity contribution in [3.05, 3.63) is 11.9 Å². The van der Waals surface area contributed by atoms with E-state index in [9.17, 15) is 0 Å². The molecule has 1 N–H and O–H groups in total. The molecular formula is C7H12N2O. The van der Waals surface area contributed by atoms with E-state index in [0.29, 0.717) is 6.01 Å². The van der Waals surface area contributed by atoms with Gasteiger partial charge in [-0.1, -0.05) is 0 Å². The highest BCUT2D eigenvalue weighted by Crippen LogP contribution is 2.04. The number of H-pyrrole nitrogens is 1. The Balaban J connectivity index is 2.58. The number of ether oxygens (including phenoxy) is 1. The molecule has 0 amide bonds. The Morgan fingerprint density at radius 3 is 2.70 bits per heavy atom. The van der Waals surface area contributed by atoms with Crippen LogP contribution >= 0.6 is 0 Å². The molecule has 56 valence electrons. The normalized spacial score (nSPS) is 10.4. The van der Waals surface area contributed by atoms with E-state index in [4.69, 9.17) is 4.74 Å². The molecular weight excluding hydrogens is 128 g/mol. The van der Waals surface area contributed by atoms with E-state index < -0.39 is 0 Å². The second kappa shape index (κ2) is 2.73. The van der Waals surface area contributed by atoms with E-state index in [0.717, 1.165) is 5.69 Å². The summed E-state index contributed by atoms with van der Waals surface area (Å²) in [6.07, 6.45) is 1.93. The Bertz CT molecular complexity index is 205. The van der Waals surface area contributed by atoms with E-state index >= 15 is 0 Å². The lowest BCUT2D eigenvalue weighted by molar-refractivity contribution is 0.224. The van der Waals surface area contributed by atoms with Crippen LogP contribution in [-0.4, -0.2) is 16.1 Å². The van der Waals surface area contributed by atoms with E-state index in [1.165, 1.54) is 0 Å². The first-order valence-corrected chi connectivity index (χ1v) is 3.37. The third-order valence-corrected chi connectivity index (χ3v) is 1.03. The molecule has 1 aromatic heterocycles. The molecule has 0 saturated heterocycles. The molecule has 0 atom stereocenters. The third kappa shape index (κ3) is 1.76. The van der Waals surface area contributed by atoms with Crippen LogP contribution in [0.25, 0.3) is 0 Å². The molecule has 10 heavy (non-hydrogen) atoms. The highest BCUT2D eigenvalue weighted by molar-refractivity contribution is 5.02. The average Bonchev–Trinajstić information content (AvgIpc) is 2.13. The largest absolute Gasteiger partial charge is 0.462 e. The molecule has 0 aliphatic heterocycles. The fraction of sp³-hybridized carbons (Fsp3) is 0.571. The number of aromatic amines is 1. The van der Waals surface area contributed by atoms with Gasteiger partial charge in [-0.05, 0) is 20.8 Å². The quantitative estimate of drug-likeness (QED) is 0.676. The number of nitrogens with zero attached hydrogens (tertiary/aromatic N) is 1. The van der Waals surface area contributed by atoms with Crippen LogP contribution in [0.3, 0.4) is 0 Å². The fourth-order valence-electron chi connectivity index (χ4n) is 0.672. The van der Waals surface area contributed by atoms with Gasteiger partial charge in [0, 0.05) is 5.69 Å². The van der Waals surface area contributed by atoms with Gasteiger partial charge in [-0.3, -0.25) is 0 Å². The number of rotatable bonds is 2. The smallest absolute Gasteiger partial charge is 0.293 e. The summed E-state index contributed by atoms with van der Waals surface area (Å²) in [5.74, 6) is 0. The van der Waals surface area contributed by atoms with E-state index in [-0.39, 0.29) is 6.10 Å². The van der Waals surface area contributed by atoms with Crippen molar-refractivity contribution in [2.24, 2.45) is 0 Å². The molecule has 0 aliphatic rings. The zero-order valence-electron chi connectivity index (χ0n) is 6.51. The van der Waals surface area contributed by atoms with Crippen LogP contribution in [0, 0.1) is 6.92 Å². The van der Waals surface area contributed by atoms with Crippen LogP contribution in [0.5, 0.6) is 6.01 Å². The minimum atomic E-state index is 0.186. The SMILES string of the molecule is Cc1cnc(OC(C)C)[nH]1. The van der Waals surface area contributed by atoms with Crippen LogP contribution in [-0.2, 0) is 0 Å². The first kappa shape index (κ1) is 7.12. The molecule has 1 rings (SSSR count). The predicted molar refractivity (Wildman–Crippen MR) is 39.1 cm³/mol. The van der Waals surface area contributed by atoms with Crippen LogP contribution in [0.2, 0.25) is 0 Å². The highest BCUT2D eigenvalue weighted by Gasteiger charge is 1.98. The van der Waals surface area contributed by atoms with Gasteiger partial charge >= 0.3 is 0 Å². The molecule has 0 spiro atoms. The maximum Gasteiger partial charge on any atom is 0.293 e. The van der Waals surface area contributed by atoms with Crippen molar-refractivity contribution in [3.8, 4) is 6.01 Å². The molecule has 0 radical (unpaired) electrons. The predicted octanol–water partition coefficient (Wildman–Crippen LogP) is 1.51. The van der Waals surface area contributed by atoms with Crippen molar-refractivity contribution in [2.45, 2.75) is 26.9 Å². The summed E-state index contributed by atoms with van der Waals surface area (Å²) in [6.45, 7) is 5.88. The lowest BCUT2D eigenvalue weighted by Gasteiger charge is -2.03. The molecule has 1 heterocycles. The summed E-state index contributed by atoms with van der Waals surface area (Å²) in [6, 6.07) is 0.604. The van der Waals surface area contributed by atoms with Gasteiger partial charge in [0.25, 0.3) is 6.01 Å². The average molecular weight is 140 g/mol. The van der Waals surface area contributed by atoms with Crippen molar-refractivity contribution in [1.82, 2.24) is 9.97 Å². The molecule has 0 aromatic carbocycles. The number of hydrogen-bond acceptors (Lipinski definition) is 2. The van der Waals surface area contributed by atoms with Gasteiger partial charge in [-0.2, -0.15) is 0 Å². The second-order valence-electron chi connectivity index (χ2n) is 2.54. The van der Waals surface area contributed by atoms with Crippen LogP contribution in [0.15, 0.2) is 6.20 Å². The van der Waals surface area contributed by atoms with Crippen molar-refractivity contribution in [3.63, 3.8) is 0 Å². The fourth-order valence-corrected chi connectivity index (χ4v) is 0.672. The van der Waals surface area contributed by atoms with E-state index in [1.54, 1.807) is 6.20 Å². The van der Waals surface area contributed by atoms with Gasteiger partial charge in [-0.25, -0.2) is 4.98 Å². The van der Waals surface area contributed by atoms with Gasteiger partial charge in [-0.15, -0.1) is 0 Å². The minimum absolute atomic E-state index is 0.186. The van der Waals surface area contributed by atoms with Crippen molar-refractivity contribution in [2.75, 3.05) is 0 Å². The van der Waals surface area contributed by atoms with Gasteiger partial charge in [0.05, 0.1) is 12.3 Å². The summed E-state index contributed by atoms with van der Waals surface area (Å²) in [7, 11) is 0. The molecule has 3 nitrogen and oxygen atoms in total. The first-order chi connectivity index (χ1) is 4.68. The maximum atomic E-state index is 5.27. The Morgan fingerprint density at radius 1 is 1.60 bits per heavy atom. The third-order valence-electron chi connectivity index (χ3n) is 1.03. The Kier molecular flexibility index (Phi) is 1.94. The number of aromatic nitrogens is 2. The molecule has 0 fully saturated rings. The Hall–Kier alpha value is -0.990. The van der Waals surface area contributed by atoms with Crippen LogP contribution in [0.1, 0.15) is 19.5 Å². The van der Waals surface area contributed by atoms with Crippen molar-refractivity contribution in [1.29, 1.82) is 0 Å². The lowest BCUT2D eigenvalue weighted by atomic mass is 10.5. The first-order valence-electron chi connectivity index (χ1n) is 3.37. The van der Waals surface area contributed by atoms with Gasteiger partial charge < -0.3 is 9.72 Å². The number of nitrogens with one attached hydrogen (secondary N) is 1. The monoisotopic (exact) mass is 140 g/mol. The summed E-state index contributed by atoms with van der Waals surface area (Å²) < 4.78 is 5.27. The van der Waals surface area contributed by atoms with Crippen LogP contribution < -0.4 is 4.74 Å². The molecule has 1 aromatic rings. The number of imidazole rings is 1.